The Morgan fingerprint density at radius 2 is 2.00 bits per heavy atom. The van der Waals surface area contributed by atoms with Gasteiger partial charge in [-0.2, -0.15) is 0 Å². The Hall–Kier alpha value is -2.22. The molecule has 116 valence electrons. The Balaban J connectivity index is 1.53. The number of rotatable bonds is 4. The molecule has 1 fully saturated rings. The van der Waals surface area contributed by atoms with E-state index in [1.165, 1.54) is 11.3 Å². The van der Waals surface area contributed by atoms with E-state index in [4.69, 9.17) is 0 Å². The number of nitrogens with one attached hydrogen (secondary N) is 1. The standard InChI is InChI=1S/C14H18N6OS/c1-15-14-18-11(10-22-14)9-12(21)19-5-7-20(8-6-19)13-16-3-2-4-17-13/h2-4,10H,5-9H2,1H3,(H,15,18). The van der Waals surface area contributed by atoms with Gasteiger partial charge in [0.2, 0.25) is 11.9 Å². The largest absolute Gasteiger partial charge is 0.365 e. The summed E-state index contributed by atoms with van der Waals surface area (Å²) in [6, 6.07) is 1.80. The Morgan fingerprint density at radius 1 is 1.27 bits per heavy atom. The van der Waals surface area contributed by atoms with Crippen molar-refractivity contribution < 1.29 is 4.79 Å². The zero-order valence-corrected chi connectivity index (χ0v) is 13.2. The first-order valence-corrected chi connectivity index (χ1v) is 8.06. The zero-order chi connectivity index (χ0) is 15.4. The van der Waals surface area contributed by atoms with Crippen LogP contribution in [0.1, 0.15) is 5.69 Å². The Kier molecular flexibility index (Phi) is 4.47. The van der Waals surface area contributed by atoms with E-state index >= 15 is 0 Å². The lowest BCUT2D eigenvalue weighted by atomic mass is 10.2. The molecule has 0 atom stereocenters. The van der Waals surface area contributed by atoms with Crippen LogP contribution in [0.5, 0.6) is 0 Å². The van der Waals surface area contributed by atoms with Crippen molar-refractivity contribution in [3.8, 4) is 0 Å². The predicted octanol–water partition coefficient (Wildman–Crippen LogP) is 0.866. The van der Waals surface area contributed by atoms with Gasteiger partial charge < -0.3 is 15.1 Å². The van der Waals surface area contributed by atoms with Crippen molar-refractivity contribution in [1.29, 1.82) is 0 Å². The molecule has 3 rings (SSSR count). The molecule has 0 unspecified atom stereocenters. The summed E-state index contributed by atoms with van der Waals surface area (Å²) in [6.07, 6.45) is 3.84. The smallest absolute Gasteiger partial charge is 0.228 e. The number of thiazole rings is 1. The summed E-state index contributed by atoms with van der Waals surface area (Å²) in [5.74, 6) is 0.856. The van der Waals surface area contributed by atoms with Crippen molar-refractivity contribution in [3.63, 3.8) is 0 Å². The molecule has 2 aromatic rings. The van der Waals surface area contributed by atoms with Crippen LogP contribution in [-0.4, -0.2) is 59.0 Å². The molecule has 0 aromatic carbocycles. The second-order valence-electron chi connectivity index (χ2n) is 4.99. The van der Waals surface area contributed by atoms with Gasteiger partial charge in [0.15, 0.2) is 5.13 Å². The maximum absolute atomic E-state index is 12.3. The Labute approximate surface area is 133 Å². The van der Waals surface area contributed by atoms with E-state index in [1.807, 2.05) is 17.3 Å². The fourth-order valence-corrected chi connectivity index (χ4v) is 3.05. The van der Waals surface area contributed by atoms with E-state index in [1.54, 1.807) is 18.5 Å². The van der Waals surface area contributed by atoms with E-state index < -0.39 is 0 Å². The molecule has 1 aliphatic heterocycles. The van der Waals surface area contributed by atoms with Crippen LogP contribution in [-0.2, 0) is 11.2 Å². The molecule has 1 aliphatic rings. The molecule has 0 aliphatic carbocycles. The minimum atomic E-state index is 0.126. The minimum absolute atomic E-state index is 0.126. The number of aromatic nitrogens is 3. The lowest BCUT2D eigenvalue weighted by Crippen LogP contribution is -2.49. The third kappa shape index (κ3) is 3.33. The fraction of sp³-hybridized carbons (Fsp3) is 0.429. The van der Waals surface area contributed by atoms with Gasteiger partial charge in [-0.3, -0.25) is 4.79 Å². The van der Waals surface area contributed by atoms with Gasteiger partial charge in [0.05, 0.1) is 12.1 Å². The van der Waals surface area contributed by atoms with Crippen LogP contribution >= 0.6 is 11.3 Å². The maximum atomic E-state index is 12.3. The summed E-state index contributed by atoms with van der Waals surface area (Å²) >= 11 is 1.52. The molecule has 7 nitrogen and oxygen atoms in total. The first kappa shape index (κ1) is 14.7. The van der Waals surface area contributed by atoms with Gasteiger partial charge in [-0.1, -0.05) is 0 Å². The molecule has 0 bridgehead atoms. The lowest BCUT2D eigenvalue weighted by Gasteiger charge is -2.34. The van der Waals surface area contributed by atoms with Crippen LogP contribution in [0.15, 0.2) is 23.8 Å². The molecule has 0 spiro atoms. The van der Waals surface area contributed by atoms with Crippen molar-refractivity contribution in [2.75, 3.05) is 43.4 Å². The summed E-state index contributed by atoms with van der Waals surface area (Å²) in [4.78, 5) is 29.2. The molecule has 1 amide bonds. The maximum Gasteiger partial charge on any atom is 0.228 e. The average Bonchev–Trinajstić information content (AvgIpc) is 3.03. The first-order valence-electron chi connectivity index (χ1n) is 7.18. The highest BCUT2D eigenvalue weighted by atomic mass is 32.1. The van der Waals surface area contributed by atoms with Gasteiger partial charge in [0.1, 0.15) is 0 Å². The second-order valence-corrected chi connectivity index (χ2v) is 5.85. The monoisotopic (exact) mass is 318 g/mol. The molecule has 0 saturated carbocycles. The highest BCUT2D eigenvalue weighted by Gasteiger charge is 2.22. The number of nitrogens with zero attached hydrogens (tertiary/aromatic N) is 5. The summed E-state index contributed by atoms with van der Waals surface area (Å²) in [6.45, 7) is 2.91. The van der Waals surface area contributed by atoms with Crippen LogP contribution in [0.3, 0.4) is 0 Å². The average molecular weight is 318 g/mol. The summed E-state index contributed by atoms with van der Waals surface area (Å²) in [5.41, 5.74) is 0.827. The fourth-order valence-electron chi connectivity index (χ4n) is 2.38. The molecule has 22 heavy (non-hydrogen) atoms. The highest BCUT2D eigenvalue weighted by molar-refractivity contribution is 7.13. The topological polar surface area (TPSA) is 74.2 Å². The van der Waals surface area contributed by atoms with Crippen LogP contribution in [0.4, 0.5) is 11.1 Å². The molecular formula is C14H18N6OS. The number of amides is 1. The van der Waals surface area contributed by atoms with Crippen molar-refractivity contribution in [3.05, 3.63) is 29.5 Å². The summed E-state index contributed by atoms with van der Waals surface area (Å²) < 4.78 is 0. The lowest BCUT2D eigenvalue weighted by molar-refractivity contribution is -0.130. The molecule has 1 saturated heterocycles. The van der Waals surface area contributed by atoms with Gasteiger partial charge in [-0.05, 0) is 6.07 Å². The molecule has 3 heterocycles. The number of hydrogen-bond acceptors (Lipinski definition) is 7. The number of piperazine rings is 1. The first-order chi connectivity index (χ1) is 10.8. The van der Waals surface area contributed by atoms with Crippen molar-refractivity contribution in [1.82, 2.24) is 19.9 Å². The molecule has 8 heteroatoms. The number of carbonyl (C=O) groups excluding carboxylic acids is 1. The van der Waals surface area contributed by atoms with Gasteiger partial charge in [-0.25, -0.2) is 15.0 Å². The van der Waals surface area contributed by atoms with Gasteiger partial charge >= 0.3 is 0 Å². The van der Waals surface area contributed by atoms with E-state index in [-0.39, 0.29) is 5.91 Å². The number of hydrogen-bond donors (Lipinski definition) is 1. The van der Waals surface area contributed by atoms with E-state index in [0.717, 1.165) is 29.9 Å². The predicted molar refractivity (Wildman–Crippen MR) is 86.2 cm³/mol. The highest BCUT2D eigenvalue weighted by Crippen LogP contribution is 2.16. The SMILES string of the molecule is CNc1nc(CC(=O)N2CCN(c3ncccn3)CC2)cs1. The van der Waals surface area contributed by atoms with E-state index in [2.05, 4.69) is 25.2 Å². The van der Waals surface area contributed by atoms with Gasteiger partial charge in [0, 0.05) is 51.0 Å². The summed E-state index contributed by atoms with van der Waals surface area (Å²) in [7, 11) is 1.83. The van der Waals surface area contributed by atoms with Crippen molar-refractivity contribution in [2.45, 2.75) is 6.42 Å². The normalized spacial score (nSPS) is 15.0. The van der Waals surface area contributed by atoms with Crippen molar-refractivity contribution >= 4 is 28.3 Å². The third-order valence-electron chi connectivity index (χ3n) is 3.57. The van der Waals surface area contributed by atoms with Gasteiger partial charge in [-0.15, -0.1) is 11.3 Å². The zero-order valence-electron chi connectivity index (χ0n) is 12.4. The molecule has 1 N–H and O–H groups in total. The van der Waals surface area contributed by atoms with Crippen LogP contribution in [0, 0.1) is 0 Å². The molecule has 0 radical (unpaired) electrons. The Bertz CT molecular complexity index is 623. The Morgan fingerprint density at radius 3 is 2.64 bits per heavy atom. The quantitative estimate of drug-likeness (QED) is 0.901. The third-order valence-corrected chi connectivity index (χ3v) is 4.47. The van der Waals surface area contributed by atoms with Crippen molar-refractivity contribution in [2.24, 2.45) is 0 Å². The minimum Gasteiger partial charge on any atom is -0.365 e. The van der Waals surface area contributed by atoms with Crippen LogP contribution < -0.4 is 10.2 Å². The van der Waals surface area contributed by atoms with E-state index in [0.29, 0.717) is 19.5 Å². The van der Waals surface area contributed by atoms with Gasteiger partial charge in [0.25, 0.3) is 0 Å². The number of carbonyl (C=O) groups is 1. The second kappa shape index (κ2) is 6.69. The van der Waals surface area contributed by atoms with Crippen LogP contribution in [0.2, 0.25) is 0 Å². The van der Waals surface area contributed by atoms with Crippen LogP contribution in [0.25, 0.3) is 0 Å². The van der Waals surface area contributed by atoms with E-state index in [9.17, 15) is 4.79 Å². The number of anilines is 2. The molecule has 2 aromatic heterocycles. The molecular weight excluding hydrogens is 300 g/mol. The summed E-state index contributed by atoms with van der Waals surface area (Å²) in [5, 5.41) is 5.76.